The van der Waals surface area contributed by atoms with Crippen LogP contribution >= 0.6 is 0 Å². The van der Waals surface area contributed by atoms with E-state index in [2.05, 4.69) is 24.1 Å². The van der Waals surface area contributed by atoms with Crippen molar-refractivity contribution in [1.82, 2.24) is 10.2 Å². The molecule has 0 aromatic carbocycles. The number of rotatable bonds is 3. The molecule has 2 rings (SSSR count). The average Bonchev–Trinajstić information content (AvgIpc) is 2.45. The van der Waals surface area contributed by atoms with Gasteiger partial charge in [0.15, 0.2) is 0 Å². The minimum atomic E-state index is -4.00. The maximum Gasteiger partial charge on any atom is 0.391 e. The molecule has 2 nitrogen and oxygen atoms in total. The first-order valence-corrected chi connectivity index (χ1v) is 8.01. The molecule has 0 bridgehead atoms. The van der Waals surface area contributed by atoms with Gasteiger partial charge >= 0.3 is 6.18 Å². The first kappa shape index (κ1) is 16.1. The normalized spacial score (nSPS) is 37.0. The van der Waals surface area contributed by atoms with Crippen LogP contribution in [0, 0.1) is 5.92 Å². The van der Waals surface area contributed by atoms with Crippen molar-refractivity contribution < 1.29 is 13.2 Å². The predicted octanol–water partition coefficient (Wildman–Crippen LogP) is 3.57. The zero-order chi connectivity index (χ0) is 14.8. The van der Waals surface area contributed by atoms with Crippen LogP contribution in [0.5, 0.6) is 0 Å². The van der Waals surface area contributed by atoms with Crippen molar-refractivity contribution in [2.45, 2.75) is 76.7 Å². The van der Waals surface area contributed by atoms with E-state index >= 15 is 0 Å². The fourth-order valence-corrected chi connectivity index (χ4v) is 3.72. The number of alkyl halides is 3. The minimum absolute atomic E-state index is 0.311. The van der Waals surface area contributed by atoms with Crippen molar-refractivity contribution in [1.29, 1.82) is 0 Å². The molecule has 20 heavy (non-hydrogen) atoms. The van der Waals surface area contributed by atoms with Crippen LogP contribution in [0.1, 0.15) is 52.4 Å². The lowest BCUT2D eigenvalue weighted by Gasteiger charge is -2.46. The number of halogens is 3. The monoisotopic (exact) mass is 292 g/mol. The average molecular weight is 292 g/mol. The number of nitrogens with one attached hydrogen (secondary N) is 1. The highest BCUT2D eigenvalue weighted by Crippen LogP contribution is 2.39. The lowest BCUT2D eigenvalue weighted by molar-refractivity contribution is -0.185. The molecule has 1 saturated heterocycles. The lowest BCUT2D eigenvalue weighted by Crippen LogP contribution is -2.59. The molecule has 1 aliphatic heterocycles. The third-order valence-electron chi connectivity index (χ3n) is 5.14. The van der Waals surface area contributed by atoms with Gasteiger partial charge in [-0.25, -0.2) is 0 Å². The van der Waals surface area contributed by atoms with E-state index < -0.39 is 12.1 Å². The third-order valence-corrected chi connectivity index (χ3v) is 5.14. The second-order valence-corrected chi connectivity index (χ2v) is 6.32. The number of hydrogen-bond donors (Lipinski definition) is 1. The minimum Gasteiger partial charge on any atom is -0.311 e. The maximum absolute atomic E-state index is 12.7. The predicted molar refractivity (Wildman–Crippen MR) is 74.7 cm³/mol. The third kappa shape index (κ3) is 3.67. The van der Waals surface area contributed by atoms with E-state index in [4.69, 9.17) is 0 Å². The van der Waals surface area contributed by atoms with Gasteiger partial charge in [-0.2, -0.15) is 13.2 Å². The van der Waals surface area contributed by atoms with E-state index in [0.29, 0.717) is 43.8 Å². The van der Waals surface area contributed by atoms with E-state index in [1.54, 1.807) is 0 Å². The summed E-state index contributed by atoms with van der Waals surface area (Å²) in [5, 5.41) is 3.55. The molecule has 2 aliphatic rings. The maximum atomic E-state index is 12.7. The van der Waals surface area contributed by atoms with Crippen LogP contribution in [-0.2, 0) is 0 Å². The van der Waals surface area contributed by atoms with Crippen LogP contribution in [0.2, 0.25) is 0 Å². The number of nitrogens with zero attached hydrogens (tertiary/aromatic N) is 1. The summed E-state index contributed by atoms with van der Waals surface area (Å²) in [5.41, 5.74) is 0. The van der Waals surface area contributed by atoms with Crippen LogP contribution in [0.3, 0.4) is 0 Å². The molecule has 0 aromatic heterocycles. The Morgan fingerprint density at radius 2 is 1.70 bits per heavy atom. The molecular formula is C15H27F3N2. The fraction of sp³-hybridized carbons (Fsp3) is 1.00. The van der Waals surface area contributed by atoms with Crippen molar-refractivity contribution in [3.05, 3.63) is 0 Å². The van der Waals surface area contributed by atoms with E-state index in [0.717, 1.165) is 25.9 Å². The molecule has 2 atom stereocenters. The number of piperazine rings is 1. The summed E-state index contributed by atoms with van der Waals surface area (Å²) < 4.78 is 38.2. The van der Waals surface area contributed by atoms with Crippen LogP contribution < -0.4 is 5.32 Å². The molecule has 1 N–H and O–H groups in total. The molecule has 0 radical (unpaired) electrons. The fourth-order valence-electron chi connectivity index (χ4n) is 3.72. The summed E-state index contributed by atoms with van der Waals surface area (Å²) in [6.45, 7) is 6.32. The van der Waals surface area contributed by atoms with Crippen LogP contribution in [0.15, 0.2) is 0 Å². The standard InChI is InChI=1S/C15H27F3N2/c1-3-12-10-20(13(4-2)9-19-12)14-7-5-11(6-8-14)15(16,17)18/h11-14,19H,3-10H2,1-2H3. The molecule has 0 spiro atoms. The van der Waals surface area contributed by atoms with Crippen molar-refractivity contribution in [2.75, 3.05) is 13.1 Å². The topological polar surface area (TPSA) is 15.3 Å². The Morgan fingerprint density at radius 3 is 2.20 bits per heavy atom. The molecule has 0 amide bonds. The summed E-state index contributed by atoms with van der Waals surface area (Å²) in [4.78, 5) is 2.50. The molecule has 0 aromatic rings. The molecule has 2 unspecified atom stereocenters. The zero-order valence-electron chi connectivity index (χ0n) is 12.5. The molecule has 1 saturated carbocycles. The summed E-state index contributed by atoms with van der Waals surface area (Å²) in [5.74, 6) is -1.07. The van der Waals surface area contributed by atoms with Gasteiger partial charge in [-0.15, -0.1) is 0 Å². The Hall–Kier alpha value is -0.290. The van der Waals surface area contributed by atoms with Crippen LogP contribution in [0.25, 0.3) is 0 Å². The number of hydrogen-bond acceptors (Lipinski definition) is 2. The second-order valence-electron chi connectivity index (χ2n) is 6.32. The summed E-state index contributed by atoms with van der Waals surface area (Å²) in [6.07, 6.45) is 0.197. The largest absolute Gasteiger partial charge is 0.391 e. The first-order chi connectivity index (χ1) is 9.45. The highest BCUT2D eigenvalue weighted by Gasteiger charge is 2.43. The Bertz CT molecular complexity index is 298. The molecular weight excluding hydrogens is 265 g/mol. The van der Waals surface area contributed by atoms with Gasteiger partial charge in [0.1, 0.15) is 0 Å². The van der Waals surface area contributed by atoms with Gasteiger partial charge in [0, 0.05) is 31.2 Å². The Balaban J connectivity index is 1.93. The Labute approximate surface area is 120 Å². The van der Waals surface area contributed by atoms with Crippen LogP contribution in [-0.4, -0.2) is 42.3 Å². The summed E-state index contributed by atoms with van der Waals surface area (Å²) in [7, 11) is 0. The summed E-state index contributed by atoms with van der Waals surface area (Å²) >= 11 is 0. The van der Waals surface area contributed by atoms with E-state index in [1.165, 1.54) is 0 Å². The Morgan fingerprint density at radius 1 is 1.05 bits per heavy atom. The second kappa shape index (κ2) is 6.65. The van der Waals surface area contributed by atoms with E-state index in [1.807, 2.05) is 0 Å². The quantitative estimate of drug-likeness (QED) is 0.855. The molecule has 1 heterocycles. The van der Waals surface area contributed by atoms with Gasteiger partial charge in [-0.05, 0) is 38.5 Å². The highest BCUT2D eigenvalue weighted by atomic mass is 19.4. The van der Waals surface area contributed by atoms with Gasteiger partial charge in [0.05, 0.1) is 5.92 Å². The molecule has 1 aliphatic carbocycles. The molecule has 5 heteroatoms. The van der Waals surface area contributed by atoms with Gasteiger partial charge in [0.25, 0.3) is 0 Å². The lowest BCUT2D eigenvalue weighted by atomic mass is 9.83. The highest BCUT2D eigenvalue weighted by molar-refractivity contribution is 4.91. The van der Waals surface area contributed by atoms with Crippen molar-refractivity contribution in [3.63, 3.8) is 0 Å². The van der Waals surface area contributed by atoms with E-state index in [9.17, 15) is 13.2 Å². The van der Waals surface area contributed by atoms with Gasteiger partial charge in [-0.1, -0.05) is 13.8 Å². The Kier molecular flexibility index (Phi) is 5.35. The zero-order valence-corrected chi connectivity index (χ0v) is 12.5. The molecule has 118 valence electrons. The van der Waals surface area contributed by atoms with Crippen molar-refractivity contribution in [2.24, 2.45) is 5.92 Å². The van der Waals surface area contributed by atoms with Crippen molar-refractivity contribution in [3.8, 4) is 0 Å². The molecule has 2 fully saturated rings. The van der Waals surface area contributed by atoms with E-state index in [-0.39, 0.29) is 0 Å². The van der Waals surface area contributed by atoms with Gasteiger partial charge in [-0.3, -0.25) is 4.90 Å². The van der Waals surface area contributed by atoms with Gasteiger partial charge in [0.2, 0.25) is 0 Å². The smallest absolute Gasteiger partial charge is 0.311 e. The van der Waals surface area contributed by atoms with Crippen LogP contribution in [0.4, 0.5) is 13.2 Å². The van der Waals surface area contributed by atoms with Crippen molar-refractivity contribution >= 4 is 0 Å². The van der Waals surface area contributed by atoms with Gasteiger partial charge < -0.3 is 5.32 Å². The summed E-state index contributed by atoms with van der Waals surface area (Å²) in [6, 6.07) is 1.35. The first-order valence-electron chi connectivity index (χ1n) is 8.01. The SMILES string of the molecule is CCC1CN(C2CCC(C(F)(F)F)CC2)C(CC)CN1.